The highest BCUT2D eigenvalue weighted by atomic mass is 32.2. The monoisotopic (exact) mass is 279 g/mol. The summed E-state index contributed by atoms with van der Waals surface area (Å²) in [6, 6.07) is -0.0245. The van der Waals surface area contributed by atoms with Crippen molar-refractivity contribution in [3.8, 4) is 0 Å². The lowest BCUT2D eigenvalue weighted by atomic mass is 10.2. The molecule has 1 rings (SSSR count). The first-order valence-electron chi connectivity index (χ1n) is 6.58. The van der Waals surface area contributed by atoms with Crippen LogP contribution in [0.25, 0.3) is 0 Å². The molecule has 0 amide bonds. The molecular weight excluding hydrogens is 254 g/mol. The van der Waals surface area contributed by atoms with Crippen molar-refractivity contribution in [2.24, 2.45) is 5.92 Å². The maximum Gasteiger partial charge on any atom is 0.151 e. The second-order valence-electron chi connectivity index (χ2n) is 5.45. The standard InChI is InChI=1S/C12H25NO4S/c1-10(2)7-17-8-12(14)6-13-11-4-3-5-18(15,16)9-11/h10-14H,3-9H2,1-2H3. The van der Waals surface area contributed by atoms with Crippen molar-refractivity contribution >= 4 is 9.84 Å². The van der Waals surface area contributed by atoms with E-state index in [-0.39, 0.29) is 11.8 Å². The highest BCUT2D eigenvalue weighted by Crippen LogP contribution is 2.11. The molecule has 0 radical (unpaired) electrons. The molecule has 6 heteroatoms. The lowest BCUT2D eigenvalue weighted by Gasteiger charge is -2.24. The zero-order chi connectivity index (χ0) is 13.6. The van der Waals surface area contributed by atoms with E-state index in [0.29, 0.717) is 37.9 Å². The average molecular weight is 279 g/mol. The molecule has 108 valence electrons. The fourth-order valence-electron chi connectivity index (χ4n) is 1.99. The van der Waals surface area contributed by atoms with Gasteiger partial charge in [0.25, 0.3) is 0 Å². The minimum atomic E-state index is -2.88. The van der Waals surface area contributed by atoms with Gasteiger partial charge in [0.2, 0.25) is 0 Å². The van der Waals surface area contributed by atoms with E-state index in [2.05, 4.69) is 19.2 Å². The SMILES string of the molecule is CC(C)COCC(O)CNC1CCCS(=O)(=O)C1. The van der Waals surface area contributed by atoms with Gasteiger partial charge in [-0.05, 0) is 18.8 Å². The molecule has 5 nitrogen and oxygen atoms in total. The highest BCUT2D eigenvalue weighted by Gasteiger charge is 2.24. The first-order valence-corrected chi connectivity index (χ1v) is 8.41. The van der Waals surface area contributed by atoms with Crippen LogP contribution >= 0.6 is 0 Å². The van der Waals surface area contributed by atoms with Crippen molar-refractivity contribution in [3.63, 3.8) is 0 Å². The summed E-state index contributed by atoms with van der Waals surface area (Å²) < 4.78 is 28.2. The number of aliphatic hydroxyl groups excluding tert-OH is 1. The summed E-state index contributed by atoms with van der Waals surface area (Å²) in [5, 5.41) is 12.8. The Bertz CT molecular complexity index is 329. The number of hydrogen-bond donors (Lipinski definition) is 2. The average Bonchev–Trinajstić information content (AvgIpc) is 2.24. The minimum absolute atomic E-state index is 0.0245. The third kappa shape index (κ3) is 6.68. The zero-order valence-corrected chi connectivity index (χ0v) is 12.1. The van der Waals surface area contributed by atoms with E-state index in [1.165, 1.54) is 0 Å². The van der Waals surface area contributed by atoms with Crippen LogP contribution < -0.4 is 5.32 Å². The lowest BCUT2D eigenvalue weighted by Crippen LogP contribution is -2.44. The van der Waals surface area contributed by atoms with E-state index in [1.54, 1.807) is 0 Å². The van der Waals surface area contributed by atoms with Crippen molar-refractivity contribution in [1.29, 1.82) is 0 Å². The Labute approximate surface area is 110 Å². The molecule has 2 unspecified atom stereocenters. The third-order valence-electron chi connectivity index (χ3n) is 2.87. The van der Waals surface area contributed by atoms with Crippen LogP contribution in [0.1, 0.15) is 26.7 Å². The van der Waals surface area contributed by atoms with Crippen LogP contribution in [-0.4, -0.2) is 56.9 Å². The molecule has 0 bridgehead atoms. The number of sulfone groups is 1. The molecule has 0 aromatic heterocycles. The molecule has 2 atom stereocenters. The van der Waals surface area contributed by atoms with E-state index in [1.807, 2.05) is 0 Å². The Hall–Kier alpha value is -0.170. The molecule has 0 aromatic carbocycles. The summed E-state index contributed by atoms with van der Waals surface area (Å²) in [7, 11) is -2.88. The molecular formula is C12H25NO4S. The van der Waals surface area contributed by atoms with Crippen LogP contribution in [0.5, 0.6) is 0 Å². The quantitative estimate of drug-likeness (QED) is 0.695. The van der Waals surface area contributed by atoms with Crippen LogP contribution in [-0.2, 0) is 14.6 Å². The first-order chi connectivity index (χ1) is 8.39. The van der Waals surface area contributed by atoms with Crippen LogP contribution in [0.2, 0.25) is 0 Å². The minimum Gasteiger partial charge on any atom is -0.389 e. The van der Waals surface area contributed by atoms with Crippen LogP contribution in [0.15, 0.2) is 0 Å². The first kappa shape index (κ1) is 15.9. The van der Waals surface area contributed by atoms with Gasteiger partial charge in [0, 0.05) is 19.2 Å². The van der Waals surface area contributed by atoms with Gasteiger partial charge in [-0.2, -0.15) is 0 Å². The fraction of sp³-hybridized carbons (Fsp3) is 1.00. The molecule has 1 aliphatic rings. The second kappa shape index (κ2) is 7.43. The predicted molar refractivity (Wildman–Crippen MR) is 71.3 cm³/mol. The van der Waals surface area contributed by atoms with E-state index in [9.17, 15) is 13.5 Å². The van der Waals surface area contributed by atoms with Crippen molar-refractivity contribution in [2.75, 3.05) is 31.3 Å². The Morgan fingerprint density at radius 3 is 2.72 bits per heavy atom. The largest absolute Gasteiger partial charge is 0.389 e. The lowest BCUT2D eigenvalue weighted by molar-refractivity contribution is 0.0251. The molecule has 1 saturated heterocycles. The van der Waals surface area contributed by atoms with E-state index in [4.69, 9.17) is 4.74 Å². The molecule has 0 saturated carbocycles. The molecule has 2 N–H and O–H groups in total. The van der Waals surface area contributed by atoms with Gasteiger partial charge in [-0.15, -0.1) is 0 Å². The van der Waals surface area contributed by atoms with Crippen molar-refractivity contribution in [3.05, 3.63) is 0 Å². The molecule has 0 aliphatic carbocycles. The maximum absolute atomic E-state index is 11.4. The van der Waals surface area contributed by atoms with Gasteiger partial charge in [0.05, 0.1) is 24.2 Å². The second-order valence-corrected chi connectivity index (χ2v) is 7.68. The number of nitrogens with one attached hydrogen (secondary N) is 1. The molecule has 1 heterocycles. The van der Waals surface area contributed by atoms with E-state index in [0.717, 1.165) is 6.42 Å². The number of hydrogen-bond acceptors (Lipinski definition) is 5. The normalized spacial score (nSPS) is 25.2. The van der Waals surface area contributed by atoms with E-state index >= 15 is 0 Å². The van der Waals surface area contributed by atoms with Crippen LogP contribution in [0.3, 0.4) is 0 Å². The van der Waals surface area contributed by atoms with Gasteiger partial charge in [0.1, 0.15) is 0 Å². The topological polar surface area (TPSA) is 75.6 Å². The summed E-state index contributed by atoms with van der Waals surface area (Å²) in [6.07, 6.45) is 0.993. The molecule has 1 fully saturated rings. The number of aliphatic hydroxyl groups is 1. The summed E-state index contributed by atoms with van der Waals surface area (Å²) >= 11 is 0. The number of ether oxygens (including phenoxy) is 1. The molecule has 0 spiro atoms. The maximum atomic E-state index is 11.4. The smallest absolute Gasteiger partial charge is 0.151 e. The van der Waals surface area contributed by atoms with Gasteiger partial charge in [-0.1, -0.05) is 13.8 Å². The van der Waals surface area contributed by atoms with Gasteiger partial charge in [-0.3, -0.25) is 0 Å². The summed E-state index contributed by atoms with van der Waals surface area (Å²) in [4.78, 5) is 0. The Balaban J connectivity index is 2.16. The van der Waals surface area contributed by atoms with Crippen LogP contribution in [0.4, 0.5) is 0 Å². The summed E-state index contributed by atoms with van der Waals surface area (Å²) in [5.41, 5.74) is 0. The van der Waals surface area contributed by atoms with Gasteiger partial charge in [-0.25, -0.2) is 8.42 Å². The van der Waals surface area contributed by atoms with Gasteiger partial charge >= 0.3 is 0 Å². The van der Waals surface area contributed by atoms with Crippen molar-refractivity contribution < 1.29 is 18.3 Å². The molecule has 18 heavy (non-hydrogen) atoms. The van der Waals surface area contributed by atoms with E-state index < -0.39 is 15.9 Å². The highest BCUT2D eigenvalue weighted by molar-refractivity contribution is 7.91. The fourth-order valence-corrected chi connectivity index (χ4v) is 3.66. The summed E-state index contributed by atoms with van der Waals surface area (Å²) in [5.74, 6) is 0.936. The summed E-state index contributed by atoms with van der Waals surface area (Å²) in [6.45, 7) is 5.42. The van der Waals surface area contributed by atoms with Gasteiger partial charge in [0.15, 0.2) is 9.84 Å². The number of rotatable bonds is 7. The Morgan fingerprint density at radius 2 is 2.11 bits per heavy atom. The predicted octanol–water partition coefficient (Wildman–Crippen LogP) is 0.187. The molecule has 1 aliphatic heterocycles. The Morgan fingerprint density at radius 1 is 1.39 bits per heavy atom. The van der Waals surface area contributed by atoms with Crippen LogP contribution in [0, 0.1) is 5.92 Å². The Kier molecular flexibility index (Phi) is 6.55. The van der Waals surface area contributed by atoms with Gasteiger partial charge < -0.3 is 15.2 Å². The zero-order valence-electron chi connectivity index (χ0n) is 11.3. The third-order valence-corrected chi connectivity index (χ3v) is 4.69. The van der Waals surface area contributed by atoms with Crippen molar-refractivity contribution in [1.82, 2.24) is 5.32 Å². The molecule has 0 aromatic rings. The van der Waals surface area contributed by atoms with Crippen molar-refractivity contribution in [2.45, 2.75) is 38.8 Å².